The fourth-order valence-corrected chi connectivity index (χ4v) is 1.89. The van der Waals surface area contributed by atoms with Crippen LogP contribution in [0.3, 0.4) is 0 Å². The van der Waals surface area contributed by atoms with Crippen LogP contribution in [-0.2, 0) is 0 Å². The summed E-state index contributed by atoms with van der Waals surface area (Å²) in [6.45, 7) is 2.87. The van der Waals surface area contributed by atoms with Gasteiger partial charge in [-0.15, -0.1) is 0 Å². The average molecular weight is 267 g/mol. The molecule has 0 spiro atoms. The largest absolute Gasteiger partial charge is 0.497 e. The van der Waals surface area contributed by atoms with Gasteiger partial charge in [-0.25, -0.2) is 0 Å². The molecule has 1 aromatic carbocycles. The summed E-state index contributed by atoms with van der Waals surface area (Å²) in [5.41, 5.74) is 6.92. The van der Waals surface area contributed by atoms with Crippen LogP contribution in [0.5, 0.6) is 11.5 Å². The van der Waals surface area contributed by atoms with Gasteiger partial charge in [0.1, 0.15) is 11.5 Å². The topological polar surface area (TPSA) is 64.7 Å². The zero-order chi connectivity index (χ0) is 14.1. The molecule has 0 bridgehead atoms. The molecule has 19 heavy (non-hydrogen) atoms. The van der Waals surface area contributed by atoms with Crippen LogP contribution in [0.1, 0.15) is 44.2 Å². The van der Waals surface area contributed by atoms with Crippen LogP contribution in [-0.4, -0.2) is 25.4 Å². The molecule has 1 rings (SSSR count). The maximum atomic E-state index is 8.70. The monoisotopic (exact) mass is 267 g/mol. The van der Waals surface area contributed by atoms with E-state index in [1.165, 1.54) is 0 Å². The first kappa shape index (κ1) is 15.8. The second kappa shape index (κ2) is 8.77. The number of nitrogens with two attached hydrogens (primary N) is 1. The van der Waals surface area contributed by atoms with E-state index in [4.69, 9.17) is 20.3 Å². The summed E-state index contributed by atoms with van der Waals surface area (Å²) in [6, 6.07) is 5.67. The predicted octanol–water partition coefficient (Wildman–Crippen LogP) is 2.65. The highest BCUT2D eigenvalue weighted by atomic mass is 16.5. The maximum Gasteiger partial charge on any atom is 0.127 e. The highest BCUT2D eigenvalue weighted by Crippen LogP contribution is 2.28. The van der Waals surface area contributed by atoms with Gasteiger partial charge >= 0.3 is 0 Å². The number of aliphatic hydroxyl groups is 1. The molecule has 4 nitrogen and oxygen atoms in total. The number of hydrogen-bond acceptors (Lipinski definition) is 4. The van der Waals surface area contributed by atoms with E-state index >= 15 is 0 Å². The molecule has 0 heterocycles. The van der Waals surface area contributed by atoms with E-state index in [-0.39, 0.29) is 12.6 Å². The fourth-order valence-electron chi connectivity index (χ4n) is 1.89. The van der Waals surface area contributed by atoms with Crippen molar-refractivity contribution in [1.29, 1.82) is 0 Å². The molecule has 3 N–H and O–H groups in total. The minimum atomic E-state index is -0.0599. The van der Waals surface area contributed by atoms with Crippen molar-refractivity contribution in [3.05, 3.63) is 23.8 Å². The van der Waals surface area contributed by atoms with Crippen LogP contribution in [0, 0.1) is 0 Å². The van der Waals surface area contributed by atoms with E-state index in [1.807, 2.05) is 25.1 Å². The summed E-state index contributed by atoms with van der Waals surface area (Å²) in [5, 5.41) is 8.70. The van der Waals surface area contributed by atoms with Crippen LogP contribution in [0.25, 0.3) is 0 Å². The van der Waals surface area contributed by atoms with Gasteiger partial charge < -0.3 is 20.3 Å². The summed E-state index contributed by atoms with van der Waals surface area (Å²) in [4.78, 5) is 0. The van der Waals surface area contributed by atoms with E-state index in [9.17, 15) is 0 Å². The van der Waals surface area contributed by atoms with Crippen molar-refractivity contribution in [2.24, 2.45) is 5.73 Å². The molecule has 1 atom stereocenters. The lowest BCUT2D eigenvalue weighted by atomic mass is 10.1. The quantitative estimate of drug-likeness (QED) is 0.675. The molecule has 0 amide bonds. The first-order valence-corrected chi connectivity index (χ1v) is 6.86. The summed E-state index contributed by atoms with van der Waals surface area (Å²) >= 11 is 0. The zero-order valence-electron chi connectivity index (χ0n) is 11.9. The first-order chi connectivity index (χ1) is 9.19. The Morgan fingerprint density at radius 3 is 2.58 bits per heavy atom. The molecule has 1 aromatic rings. The van der Waals surface area contributed by atoms with Crippen LogP contribution in [0.15, 0.2) is 18.2 Å². The molecule has 0 saturated carbocycles. The second-order valence-corrected chi connectivity index (χ2v) is 4.68. The third-order valence-electron chi connectivity index (χ3n) is 3.02. The standard InChI is InChI=1S/C15H25NO3/c1-12(16)14-8-7-13(18-2)11-15(14)19-10-6-4-3-5-9-17/h7-8,11-12,17H,3-6,9-10,16H2,1-2H3/t12-/m0/s1. The SMILES string of the molecule is COc1ccc([C@H](C)N)c(OCCCCCCO)c1. The number of aliphatic hydroxyl groups excluding tert-OH is 1. The first-order valence-electron chi connectivity index (χ1n) is 6.86. The molecule has 0 fully saturated rings. The van der Waals surface area contributed by atoms with E-state index in [0.29, 0.717) is 6.61 Å². The normalized spacial score (nSPS) is 12.2. The predicted molar refractivity (Wildman–Crippen MR) is 76.6 cm³/mol. The van der Waals surface area contributed by atoms with Gasteiger partial charge in [0.15, 0.2) is 0 Å². The number of benzene rings is 1. The highest BCUT2D eigenvalue weighted by Gasteiger charge is 2.09. The summed E-state index contributed by atoms with van der Waals surface area (Å²) in [6.07, 6.45) is 3.95. The number of ether oxygens (including phenoxy) is 2. The lowest BCUT2D eigenvalue weighted by Gasteiger charge is -2.15. The fraction of sp³-hybridized carbons (Fsp3) is 0.600. The van der Waals surface area contributed by atoms with Crippen LogP contribution in [0.4, 0.5) is 0 Å². The van der Waals surface area contributed by atoms with Crippen molar-refractivity contribution >= 4 is 0 Å². The Bertz CT molecular complexity index is 366. The van der Waals surface area contributed by atoms with Crippen molar-refractivity contribution in [3.63, 3.8) is 0 Å². The number of hydrogen-bond donors (Lipinski definition) is 2. The van der Waals surface area contributed by atoms with E-state index in [2.05, 4.69) is 0 Å². The Morgan fingerprint density at radius 2 is 1.95 bits per heavy atom. The van der Waals surface area contributed by atoms with Crippen molar-refractivity contribution in [1.82, 2.24) is 0 Å². The van der Waals surface area contributed by atoms with Crippen molar-refractivity contribution < 1.29 is 14.6 Å². The number of methoxy groups -OCH3 is 1. The summed E-state index contributed by atoms with van der Waals surface area (Å²) in [7, 11) is 1.64. The zero-order valence-corrected chi connectivity index (χ0v) is 11.9. The van der Waals surface area contributed by atoms with Crippen molar-refractivity contribution in [2.75, 3.05) is 20.3 Å². The van der Waals surface area contributed by atoms with Gasteiger partial charge in [0.25, 0.3) is 0 Å². The molecule has 4 heteroatoms. The Labute approximate surface area is 115 Å². The Balaban J connectivity index is 2.50. The van der Waals surface area contributed by atoms with Gasteiger partial charge in [-0.2, -0.15) is 0 Å². The van der Waals surface area contributed by atoms with Gasteiger partial charge in [-0.1, -0.05) is 12.5 Å². The van der Waals surface area contributed by atoms with Crippen LogP contribution in [0.2, 0.25) is 0 Å². The van der Waals surface area contributed by atoms with Crippen molar-refractivity contribution in [2.45, 2.75) is 38.6 Å². The third-order valence-corrected chi connectivity index (χ3v) is 3.02. The molecule has 0 saturated heterocycles. The van der Waals surface area contributed by atoms with E-state index in [0.717, 1.165) is 42.7 Å². The lowest BCUT2D eigenvalue weighted by molar-refractivity contribution is 0.272. The van der Waals surface area contributed by atoms with Gasteiger partial charge in [0, 0.05) is 24.3 Å². The molecule has 0 aliphatic heterocycles. The summed E-state index contributed by atoms with van der Waals surface area (Å²) in [5.74, 6) is 1.58. The lowest BCUT2D eigenvalue weighted by Crippen LogP contribution is -2.09. The molecule has 0 aromatic heterocycles. The minimum absolute atomic E-state index is 0.0599. The Hall–Kier alpha value is -1.26. The number of rotatable bonds is 9. The number of unbranched alkanes of at least 4 members (excludes halogenated alkanes) is 3. The average Bonchev–Trinajstić information content (AvgIpc) is 2.42. The molecular formula is C15H25NO3. The highest BCUT2D eigenvalue weighted by molar-refractivity contribution is 5.42. The molecule has 108 valence electrons. The van der Waals surface area contributed by atoms with Gasteiger partial charge in [0.05, 0.1) is 13.7 Å². The van der Waals surface area contributed by atoms with Gasteiger partial charge in [-0.3, -0.25) is 0 Å². The molecular weight excluding hydrogens is 242 g/mol. The summed E-state index contributed by atoms with van der Waals surface area (Å²) < 4.78 is 11.0. The second-order valence-electron chi connectivity index (χ2n) is 4.68. The van der Waals surface area contributed by atoms with Crippen molar-refractivity contribution in [3.8, 4) is 11.5 Å². The van der Waals surface area contributed by atoms with Crippen LogP contribution >= 0.6 is 0 Å². The van der Waals surface area contributed by atoms with Gasteiger partial charge in [0.2, 0.25) is 0 Å². The Kier molecular flexibility index (Phi) is 7.30. The molecule has 0 aliphatic carbocycles. The molecule has 0 unspecified atom stereocenters. The van der Waals surface area contributed by atoms with Crippen LogP contribution < -0.4 is 15.2 Å². The minimum Gasteiger partial charge on any atom is -0.497 e. The van der Waals surface area contributed by atoms with E-state index in [1.54, 1.807) is 7.11 Å². The smallest absolute Gasteiger partial charge is 0.127 e. The molecule has 0 radical (unpaired) electrons. The van der Waals surface area contributed by atoms with Gasteiger partial charge in [-0.05, 0) is 32.3 Å². The molecule has 0 aliphatic rings. The maximum absolute atomic E-state index is 8.70. The third kappa shape index (κ3) is 5.49. The Morgan fingerprint density at radius 1 is 1.21 bits per heavy atom. The van der Waals surface area contributed by atoms with E-state index < -0.39 is 0 Å².